The van der Waals surface area contributed by atoms with Gasteiger partial charge in [-0.3, -0.25) is 4.79 Å². The molecule has 0 radical (unpaired) electrons. The zero-order valence-electron chi connectivity index (χ0n) is 14.1. The second-order valence-corrected chi connectivity index (χ2v) is 7.69. The number of amides is 1. The van der Waals surface area contributed by atoms with Gasteiger partial charge in [0.1, 0.15) is 0 Å². The van der Waals surface area contributed by atoms with Crippen LogP contribution in [-0.4, -0.2) is 27.8 Å². The summed E-state index contributed by atoms with van der Waals surface area (Å²) in [6, 6.07) is 13.5. The number of benzene rings is 2. The summed E-state index contributed by atoms with van der Waals surface area (Å²) < 4.78 is 2.11. The number of rotatable bonds is 8. The Morgan fingerprint density at radius 1 is 1.19 bits per heavy atom. The molecule has 0 aliphatic rings. The highest BCUT2D eigenvalue weighted by Gasteiger charge is 2.05. The van der Waals surface area contributed by atoms with E-state index in [4.69, 9.17) is 23.2 Å². The number of aryl methyl sites for hydroxylation is 1. The summed E-state index contributed by atoms with van der Waals surface area (Å²) in [4.78, 5) is 16.3. The van der Waals surface area contributed by atoms with E-state index in [0.717, 1.165) is 29.6 Å². The largest absolute Gasteiger partial charge is 0.355 e. The average Bonchev–Trinajstić information content (AvgIpc) is 3.04. The first-order valence-corrected chi connectivity index (χ1v) is 10.2. The number of fused-ring (bicyclic) bond motifs is 1. The van der Waals surface area contributed by atoms with Crippen molar-refractivity contribution in [2.45, 2.75) is 18.7 Å². The smallest absolute Gasteiger partial charge is 0.230 e. The van der Waals surface area contributed by atoms with Gasteiger partial charge in [-0.05, 0) is 36.2 Å². The van der Waals surface area contributed by atoms with Crippen molar-refractivity contribution in [3.63, 3.8) is 0 Å². The van der Waals surface area contributed by atoms with Crippen molar-refractivity contribution in [1.82, 2.24) is 14.9 Å². The Morgan fingerprint density at radius 2 is 2.04 bits per heavy atom. The van der Waals surface area contributed by atoms with E-state index in [0.29, 0.717) is 28.1 Å². The summed E-state index contributed by atoms with van der Waals surface area (Å²) in [5.74, 6) is 1.13. The number of imidazole rings is 1. The minimum atomic E-state index is 0.0376. The number of nitrogens with zero attached hydrogens (tertiary/aromatic N) is 2. The lowest BCUT2D eigenvalue weighted by Gasteiger charge is -2.07. The van der Waals surface area contributed by atoms with Crippen molar-refractivity contribution in [1.29, 1.82) is 0 Å². The van der Waals surface area contributed by atoms with Gasteiger partial charge in [0, 0.05) is 28.9 Å². The maximum absolute atomic E-state index is 11.9. The lowest BCUT2D eigenvalue weighted by molar-refractivity contribution is -0.118. The predicted molar refractivity (Wildman–Crippen MR) is 110 cm³/mol. The summed E-state index contributed by atoms with van der Waals surface area (Å²) in [6.07, 6.45) is 2.71. The Hall–Kier alpha value is -1.69. The van der Waals surface area contributed by atoms with Gasteiger partial charge in [0.2, 0.25) is 5.91 Å². The molecule has 1 amide bonds. The van der Waals surface area contributed by atoms with Crippen LogP contribution in [0.15, 0.2) is 48.8 Å². The quantitative estimate of drug-likeness (QED) is 0.546. The van der Waals surface area contributed by atoms with Crippen LogP contribution < -0.4 is 5.32 Å². The van der Waals surface area contributed by atoms with Gasteiger partial charge in [-0.2, -0.15) is 0 Å². The Labute approximate surface area is 166 Å². The highest BCUT2D eigenvalue weighted by molar-refractivity contribution is 7.99. The third-order valence-corrected chi connectivity index (χ3v) is 5.50. The number of para-hydroxylation sites is 2. The van der Waals surface area contributed by atoms with Crippen molar-refractivity contribution in [2.75, 3.05) is 12.3 Å². The van der Waals surface area contributed by atoms with Crippen LogP contribution in [0.4, 0.5) is 0 Å². The Kier molecular flexibility index (Phi) is 6.83. The van der Waals surface area contributed by atoms with Crippen LogP contribution in [0.25, 0.3) is 11.0 Å². The van der Waals surface area contributed by atoms with Crippen molar-refractivity contribution in [2.24, 2.45) is 0 Å². The fraction of sp³-hybridized carbons (Fsp3) is 0.263. The molecule has 3 aromatic rings. The molecular weight excluding hydrogens is 389 g/mol. The van der Waals surface area contributed by atoms with E-state index in [2.05, 4.69) is 20.9 Å². The molecule has 4 nitrogen and oxygen atoms in total. The molecule has 0 saturated carbocycles. The lowest BCUT2D eigenvalue weighted by Crippen LogP contribution is -2.26. The summed E-state index contributed by atoms with van der Waals surface area (Å²) in [5.41, 5.74) is 3.10. The number of carbonyl (C=O) groups excluding carboxylic acids is 1. The number of aromatic nitrogens is 2. The molecule has 7 heteroatoms. The van der Waals surface area contributed by atoms with Crippen LogP contribution in [0.1, 0.15) is 12.0 Å². The second kappa shape index (κ2) is 9.31. The van der Waals surface area contributed by atoms with Gasteiger partial charge in [-0.1, -0.05) is 41.4 Å². The standard InChI is InChI=1S/C19H19Cl2N3OS/c20-15-7-6-14(16(21)10-15)11-26-12-19(25)22-8-3-9-24-13-23-17-4-1-2-5-18(17)24/h1-2,4-7,10,13H,3,8-9,11-12H2,(H,22,25). The molecule has 2 aromatic carbocycles. The zero-order valence-corrected chi connectivity index (χ0v) is 16.4. The molecule has 1 N–H and O–H groups in total. The van der Waals surface area contributed by atoms with E-state index in [1.54, 1.807) is 6.07 Å². The van der Waals surface area contributed by atoms with E-state index in [9.17, 15) is 4.79 Å². The topological polar surface area (TPSA) is 46.9 Å². The van der Waals surface area contributed by atoms with Crippen LogP contribution in [0, 0.1) is 0 Å². The monoisotopic (exact) mass is 407 g/mol. The Morgan fingerprint density at radius 3 is 2.88 bits per heavy atom. The fourth-order valence-electron chi connectivity index (χ4n) is 2.61. The molecule has 0 saturated heterocycles. The SMILES string of the molecule is O=C(CSCc1ccc(Cl)cc1Cl)NCCCn1cnc2ccccc21. The number of hydrogen-bond donors (Lipinski definition) is 1. The molecule has 0 bridgehead atoms. The minimum absolute atomic E-state index is 0.0376. The average molecular weight is 408 g/mol. The summed E-state index contributed by atoms with van der Waals surface area (Å²) >= 11 is 13.5. The third kappa shape index (κ3) is 5.16. The lowest BCUT2D eigenvalue weighted by atomic mass is 10.2. The summed E-state index contributed by atoms with van der Waals surface area (Å²) in [5, 5.41) is 4.21. The molecule has 3 rings (SSSR count). The van der Waals surface area contributed by atoms with Gasteiger partial charge in [-0.25, -0.2) is 4.98 Å². The first-order chi connectivity index (χ1) is 12.6. The van der Waals surface area contributed by atoms with Crippen molar-refractivity contribution >= 4 is 51.9 Å². The van der Waals surface area contributed by atoms with Crippen LogP contribution in [-0.2, 0) is 17.1 Å². The van der Waals surface area contributed by atoms with E-state index in [1.807, 2.05) is 36.7 Å². The van der Waals surface area contributed by atoms with Crippen LogP contribution in [0.3, 0.4) is 0 Å². The number of nitrogens with one attached hydrogen (secondary N) is 1. The normalized spacial score (nSPS) is 11.0. The van der Waals surface area contributed by atoms with Gasteiger partial charge in [0.05, 0.1) is 23.1 Å². The van der Waals surface area contributed by atoms with Crippen molar-refractivity contribution in [3.8, 4) is 0 Å². The maximum atomic E-state index is 11.9. The van der Waals surface area contributed by atoms with Crippen LogP contribution in [0.5, 0.6) is 0 Å². The molecule has 0 aliphatic carbocycles. The highest BCUT2D eigenvalue weighted by Crippen LogP contribution is 2.24. The first-order valence-electron chi connectivity index (χ1n) is 8.32. The number of thioether (sulfide) groups is 1. The molecule has 136 valence electrons. The van der Waals surface area contributed by atoms with Gasteiger partial charge in [0.25, 0.3) is 0 Å². The zero-order chi connectivity index (χ0) is 18.4. The van der Waals surface area contributed by atoms with E-state index >= 15 is 0 Å². The van der Waals surface area contributed by atoms with Crippen LogP contribution in [0.2, 0.25) is 10.0 Å². The highest BCUT2D eigenvalue weighted by atomic mass is 35.5. The number of carbonyl (C=O) groups is 1. The summed E-state index contributed by atoms with van der Waals surface area (Å²) in [7, 11) is 0. The molecule has 0 spiro atoms. The number of halogens is 2. The third-order valence-electron chi connectivity index (χ3n) is 3.93. The first kappa shape index (κ1) is 19.1. The molecule has 0 aliphatic heterocycles. The molecule has 0 atom stereocenters. The van der Waals surface area contributed by atoms with Crippen LogP contribution >= 0.6 is 35.0 Å². The fourth-order valence-corrected chi connectivity index (χ4v) is 4.02. The molecule has 0 unspecified atom stereocenters. The molecule has 1 heterocycles. The van der Waals surface area contributed by atoms with Gasteiger partial charge < -0.3 is 9.88 Å². The van der Waals surface area contributed by atoms with E-state index in [-0.39, 0.29) is 5.91 Å². The van der Waals surface area contributed by atoms with Crippen molar-refractivity contribution < 1.29 is 4.79 Å². The Balaban J connectivity index is 1.35. The summed E-state index contributed by atoms with van der Waals surface area (Å²) in [6.45, 7) is 1.47. The van der Waals surface area contributed by atoms with Gasteiger partial charge in [0.15, 0.2) is 0 Å². The maximum Gasteiger partial charge on any atom is 0.230 e. The van der Waals surface area contributed by atoms with E-state index < -0.39 is 0 Å². The van der Waals surface area contributed by atoms with Crippen molar-refractivity contribution in [3.05, 3.63) is 64.4 Å². The molecule has 1 aromatic heterocycles. The Bertz CT molecular complexity index is 897. The van der Waals surface area contributed by atoms with Gasteiger partial charge >= 0.3 is 0 Å². The minimum Gasteiger partial charge on any atom is -0.355 e. The second-order valence-electron chi connectivity index (χ2n) is 5.86. The van der Waals surface area contributed by atoms with Gasteiger partial charge in [-0.15, -0.1) is 11.8 Å². The molecular formula is C19H19Cl2N3OS. The molecule has 0 fully saturated rings. The number of hydrogen-bond acceptors (Lipinski definition) is 3. The molecule has 26 heavy (non-hydrogen) atoms. The predicted octanol–water partition coefficient (Wildman–Crippen LogP) is 4.78. The van der Waals surface area contributed by atoms with E-state index in [1.165, 1.54) is 11.8 Å².